The van der Waals surface area contributed by atoms with Gasteiger partial charge in [0.2, 0.25) is 0 Å². The molecule has 0 aliphatic heterocycles. The van der Waals surface area contributed by atoms with Gasteiger partial charge >= 0.3 is 0 Å². The number of aromatic nitrogens is 4. The van der Waals surface area contributed by atoms with E-state index < -0.39 is 0 Å². The lowest BCUT2D eigenvalue weighted by Gasteiger charge is -2.02. The molecular formula is C10H10N6OS2. The molecule has 7 nitrogen and oxygen atoms in total. The van der Waals surface area contributed by atoms with Crippen molar-refractivity contribution >= 4 is 39.7 Å². The van der Waals surface area contributed by atoms with E-state index in [2.05, 4.69) is 15.0 Å². The molecule has 0 atom stereocenters. The predicted molar refractivity (Wildman–Crippen MR) is 74.0 cm³/mol. The molecule has 0 radical (unpaired) electrons. The van der Waals surface area contributed by atoms with Crippen molar-refractivity contribution in [3.63, 3.8) is 0 Å². The molecule has 0 saturated carbocycles. The molecule has 0 amide bonds. The summed E-state index contributed by atoms with van der Waals surface area (Å²) in [7, 11) is 0. The van der Waals surface area contributed by atoms with E-state index in [4.69, 9.17) is 11.5 Å². The summed E-state index contributed by atoms with van der Waals surface area (Å²) in [6.07, 6.45) is 1.86. The number of nitrogens with zero attached hydrogens (tertiary/aromatic N) is 4. The molecule has 3 heterocycles. The van der Waals surface area contributed by atoms with Crippen LogP contribution in [0.1, 0.15) is 5.69 Å². The van der Waals surface area contributed by atoms with Crippen LogP contribution in [-0.4, -0.2) is 24.5 Å². The average Bonchev–Trinajstić information content (AvgIpc) is 2.87. The molecule has 3 aromatic rings. The van der Waals surface area contributed by atoms with Crippen LogP contribution in [0.2, 0.25) is 0 Å². The molecule has 9 heteroatoms. The molecule has 0 aliphatic carbocycles. The number of anilines is 2. The summed E-state index contributed by atoms with van der Waals surface area (Å²) in [4.78, 5) is 13.4. The highest BCUT2D eigenvalue weighted by molar-refractivity contribution is 7.99. The zero-order chi connectivity index (χ0) is 13.4. The largest absolute Gasteiger partial charge is 0.390 e. The van der Waals surface area contributed by atoms with Gasteiger partial charge in [0.25, 0.3) is 0 Å². The van der Waals surface area contributed by atoms with Crippen molar-refractivity contribution in [3.05, 3.63) is 23.3 Å². The Labute approximate surface area is 116 Å². The summed E-state index contributed by atoms with van der Waals surface area (Å²) in [5, 5.41) is 12.4. The van der Waals surface area contributed by atoms with Crippen molar-refractivity contribution in [3.8, 4) is 0 Å². The Morgan fingerprint density at radius 1 is 1.26 bits per heavy atom. The fourth-order valence-electron chi connectivity index (χ4n) is 1.63. The summed E-state index contributed by atoms with van der Waals surface area (Å²) in [6.45, 7) is -0.113. The third-order valence-corrected chi connectivity index (χ3v) is 4.05. The van der Waals surface area contributed by atoms with E-state index in [9.17, 15) is 5.11 Å². The van der Waals surface area contributed by atoms with E-state index in [0.29, 0.717) is 27.5 Å². The number of aliphatic hydroxyl groups is 1. The van der Waals surface area contributed by atoms with E-state index in [1.165, 1.54) is 29.2 Å². The zero-order valence-electron chi connectivity index (χ0n) is 9.65. The quantitative estimate of drug-likeness (QED) is 0.617. The van der Waals surface area contributed by atoms with Gasteiger partial charge < -0.3 is 16.6 Å². The fourth-order valence-corrected chi connectivity index (χ4v) is 3.31. The Hall–Kier alpha value is -1.84. The normalized spacial score (nSPS) is 11.2. The lowest BCUT2D eigenvalue weighted by molar-refractivity contribution is 0.272. The number of nitrogen functional groups attached to an aromatic ring is 2. The minimum atomic E-state index is -0.113. The highest BCUT2D eigenvalue weighted by Gasteiger charge is 2.15. The van der Waals surface area contributed by atoms with Gasteiger partial charge in [0.05, 0.1) is 12.3 Å². The second kappa shape index (κ2) is 4.68. The van der Waals surface area contributed by atoms with Crippen molar-refractivity contribution < 1.29 is 5.11 Å². The van der Waals surface area contributed by atoms with Crippen LogP contribution in [0, 0.1) is 0 Å². The Morgan fingerprint density at radius 2 is 2.00 bits per heavy atom. The minimum Gasteiger partial charge on any atom is -0.390 e. The number of fused-ring (bicyclic) bond motifs is 1. The first kappa shape index (κ1) is 12.2. The maximum absolute atomic E-state index is 9.45. The molecular weight excluding hydrogens is 284 g/mol. The number of hydrogen-bond donors (Lipinski definition) is 3. The highest BCUT2D eigenvalue weighted by Crippen LogP contribution is 2.30. The molecule has 19 heavy (non-hydrogen) atoms. The highest BCUT2D eigenvalue weighted by atomic mass is 32.2. The molecule has 98 valence electrons. The molecule has 0 fully saturated rings. The SMILES string of the molecule is Nc1cc(N)nc(Sc2nc3sccn3c2CO)n1. The van der Waals surface area contributed by atoms with Crippen LogP contribution in [0.25, 0.3) is 4.96 Å². The number of nitrogens with two attached hydrogens (primary N) is 2. The lowest BCUT2D eigenvalue weighted by atomic mass is 10.5. The minimum absolute atomic E-state index is 0.113. The van der Waals surface area contributed by atoms with Crippen molar-refractivity contribution in [1.82, 2.24) is 19.4 Å². The van der Waals surface area contributed by atoms with E-state index >= 15 is 0 Å². The number of rotatable bonds is 3. The number of imidazole rings is 1. The van der Waals surface area contributed by atoms with Crippen molar-refractivity contribution in [2.75, 3.05) is 11.5 Å². The van der Waals surface area contributed by atoms with E-state index in [-0.39, 0.29) is 6.61 Å². The number of thiazole rings is 1. The van der Waals surface area contributed by atoms with Gasteiger partial charge in [-0.05, 0) is 11.8 Å². The number of hydrogen-bond acceptors (Lipinski definition) is 8. The molecule has 0 saturated heterocycles. The van der Waals surface area contributed by atoms with Crippen LogP contribution >= 0.6 is 23.1 Å². The first-order valence-electron chi connectivity index (χ1n) is 5.30. The first-order chi connectivity index (χ1) is 9.17. The van der Waals surface area contributed by atoms with Gasteiger partial charge in [-0.2, -0.15) is 0 Å². The van der Waals surface area contributed by atoms with Crippen molar-refractivity contribution in [1.29, 1.82) is 0 Å². The monoisotopic (exact) mass is 294 g/mol. The van der Waals surface area contributed by atoms with E-state index in [1.807, 2.05) is 16.0 Å². The smallest absolute Gasteiger partial charge is 0.197 e. The Morgan fingerprint density at radius 3 is 2.68 bits per heavy atom. The molecule has 3 aromatic heterocycles. The third kappa shape index (κ3) is 2.23. The second-order valence-corrected chi connectivity index (χ2v) is 5.51. The van der Waals surface area contributed by atoms with Crippen molar-refractivity contribution in [2.45, 2.75) is 16.8 Å². The zero-order valence-corrected chi connectivity index (χ0v) is 11.3. The van der Waals surface area contributed by atoms with Gasteiger partial charge in [0, 0.05) is 17.6 Å². The Bertz CT molecular complexity index is 717. The van der Waals surface area contributed by atoms with Gasteiger partial charge in [-0.25, -0.2) is 15.0 Å². The van der Waals surface area contributed by atoms with Crippen LogP contribution in [0.5, 0.6) is 0 Å². The Balaban J connectivity index is 2.02. The molecule has 5 N–H and O–H groups in total. The van der Waals surface area contributed by atoms with Gasteiger partial charge in [-0.3, -0.25) is 4.40 Å². The summed E-state index contributed by atoms with van der Waals surface area (Å²) in [6, 6.07) is 1.49. The van der Waals surface area contributed by atoms with Gasteiger partial charge in [0.15, 0.2) is 10.1 Å². The van der Waals surface area contributed by atoms with Crippen LogP contribution in [0.15, 0.2) is 27.8 Å². The first-order valence-corrected chi connectivity index (χ1v) is 7.00. The fraction of sp³-hybridized carbons (Fsp3) is 0.100. The van der Waals surface area contributed by atoms with Crippen LogP contribution in [0.4, 0.5) is 11.6 Å². The molecule has 3 rings (SSSR count). The number of aliphatic hydroxyl groups excluding tert-OH is 1. The lowest BCUT2D eigenvalue weighted by Crippen LogP contribution is -1.99. The summed E-state index contributed by atoms with van der Waals surface area (Å²) in [5.74, 6) is 0.614. The van der Waals surface area contributed by atoms with Crippen LogP contribution in [-0.2, 0) is 6.61 Å². The molecule has 0 bridgehead atoms. The maximum Gasteiger partial charge on any atom is 0.197 e. The molecule has 0 aliphatic rings. The second-order valence-electron chi connectivity index (χ2n) is 3.68. The van der Waals surface area contributed by atoms with Gasteiger partial charge in [0.1, 0.15) is 16.7 Å². The summed E-state index contributed by atoms with van der Waals surface area (Å²) in [5.41, 5.74) is 11.9. The van der Waals surface area contributed by atoms with Crippen LogP contribution < -0.4 is 11.5 Å². The average molecular weight is 294 g/mol. The van der Waals surface area contributed by atoms with Gasteiger partial charge in [-0.1, -0.05) is 0 Å². The third-order valence-electron chi connectivity index (χ3n) is 2.41. The summed E-state index contributed by atoms with van der Waals surface area (Å²) >= 11 is 2.72. The molecule has 0 spiro atoms. The molecule has 0 unspecified atom stereocenters. The Kier molecular flexibility index (Phi) is 3.01. The summed E-state index contributed by atoms with van der Waals surface area (Å²) < 4.78 is 1.84. The van der Waals surface area contributed by atoms with Crippen LogP contribution in [0.3, 0.4) is 0 Å². The maximum atomic E-state index is 9.45. The van der Waals surface area contributed by atoms with E-state index in [0.717, 1.165) is 4.96 Å². The van der Waals surface area contributed by atoms with E-state index in [1.54, 1.807) is 0 Å². The van der Waals surface area contributed by atoms with Gasteiger partial charge in [-0.15, -0.1) is 11.3 Å². The topological polar surface area (TPSA) is 115 Å². The standard InChI is InChI=1S/C10H10N6OS2/c11-6-3-7(12)14-9(13-6)19-8-5(4-17)16-1-2-18-10(16)15-8/h1-3,17H,4H2,(H4,11,12,13,14). The van der Waals surface area contributed by atoms with Crippen molar-refractivity contribution in [2.24, 2.45) is 0 Å². The predicted octanol–water partition coefficient (Wildman–Crippen LogP) is 0.994. The molecule has 0 aromatic carbocycles.